The Morgan fingerprint density at radius 3 is 2.52 bits per heavy atom. The van der Waals surface area contributed by atoms with Gasteiger partial charge in [-0.3, -0.25) is 0 Å². The van der Waals surface area contributed by atoms with Crippen LogP contribution in [0.25, 0.3) is 0 Å². The Kier molecular flexibility index (Phi) is 8.74. The summed E-state index contributed by atoms with van der Waals surface area (Å²) < 4.78 is 40.8. The number of hydrogen-bond donors (Lipinski definition) is 0. The molecule has 0 spiro atoms. The fourth-order valence-corrected chi connectivity index (χ4v) is 4.36. The van der Waals surface area contributed by atoms with E-state index in [1.165, 1.54) is 0 Å². The molecule has 0 aromatic heterocycles. The zero-order valence-electron chi connectivity index (χ0n) is 20.5. The van der Waals surface area contributed by atoms with Gasteiger partial charge in [0.2, 0.25) is 8.32 Å². The molecular weight excluding hydrogens is 420 g/mol. The summed E-state index contributed by atoms with van der Waals surface area (Å²) >= 11 is 0. The highest BCUT2D eigenvalue weighted by molar-refractivity contribution is 6.74. The molecule has 2 aliphatic rings. The SMILES string of the molecule is CCOC(=O)[C@@H]1CC(O[Si](C)(C)C(C)(C)C)=C[C@H]([C@H](OCOC)[C@H]2COC(C)(C)O2)O1. The molecule has 1 fully saturated rings. The second kappa shape index (κ2) is 10.3. The summed E-state index contributed by atoms with van der Waals surface area (Å²) in [6.07, 6.45) is -0.0601. The van der Waals surface area contributed by atoms with E-state index in [0.717, 1.165) is 5.76 Å². The first-order chi connectivity index (χ1) is 14.3. The van der Waals surface area contributed by atoms with Gasteiger partial charge in [0.15, 0.2) is 11.9 Å². The predicted octanol–water partition coefficient (Wildman–Crippen LogP) is 3.75. The van der Waals surface area contributed by atoms with E-state index in [0.29, 0.717) is 13.0 Å². The summed E-state index contributed by atoms with van der Waals surface area (Å²) in [5.41, 5.74) is 0. The Morgan fingerprint density at radius 2 is 2.00 bits per heavy atom. The number of ether oxygens (including phenoxy) is 6. The van der Waals surface area contributed by atoms with Gasteiger partial charge in [0.1, 0.15) is 25.1 Å². The highest BCUT2D eigenvalue weighted by Crippen LogP contribution is 2.40. The molecule has 4 atom stereocenters. The van der Waals surface area contributed by atoms with E-state index in [-0.39, 0.29) is 24.5 Å². The van der Waals surface area contributed by atoms with Gasteiger partial charge in [0.05, 0.1) is 19.0 Å². The van der Waals surface area contributed by atoms with Crippen LogP contribution < -0.4 is 0 Å². The van der Waals surface area contributed by atoms with Gasteiger partial charge < -0.3 is 32.8 Å². The molecule has 8 nitrogen and oxygen atoms in total. The molecule has 0 aromatic rings. The van der Waals surface area contributed by atoms with Crippen LogP contribution in [-0.2, 0) is 37.6 Å². The van der Waals surface area contributed by atoms with Crippen molar-refractivity contribution in [2.24, 2.45) is 0 Å². The van der Waals surface area contributed by atoms with E-state index < -0.39 is 38.4 Å². The van der Waals surface area contributed by atoms with E-state index in [1.54, 1.807) is 14.0 Å². The van der Waals surface area contributed by atoms with Crippen LogP contribution in [0, 0.1) is 0 Å². The fourth-order valence-electron chi connectivity index (χ4n) is 3.25. The zero-order valence-corrected chi connectivity index (χ0v) is 21.5. The third kappa shape index (κ3) is 7.00. The Bertz CT molecular complexity index is 640. The normalized spacial score (nSPS) is 27.5. The van der Waals surface area contributed by atoms with Gasteiger partial charge >= 0.3 is 5.97 Å². The molecular formula is C22H40O8Si. The van der Waals surface area contributed by atoms with Gasteiger partial charge in [-0.25, -0.2) is 4.79 Å². The third-order valence-corrected chi connectivity index (χ3v) is 10.3. The van der Waals surface area contributed by atoms with Crippen LogP contribution in [0.2, 0.25) is 18.1 Å². The standard InChI is InChI=1S/C22H40O8Si/c1-10-25-20(23)17-12-15(30-31(8,9)21(2,3)4)11-16(28-17)19(26-14-24-7)18-13-27-22(5,6)29-18/h11,16-19H,10,12-14H2,1-9H3/t16-,17+,18-,19+/m1/s1. The minimum absolute atomic E-state index is 0.0133. The van der Waals surface area contributed by atoms with E-state index in [9.17, 15) is 4.79 Å². The van der Waals surface area contributed by atoms with Crippen molar-refractivity contribution in [2.75, 3.05) is 27.1 Å². The van der Waals surface area contributed by atoms with Crippen LogP contribution in [0.5, 0.6) is 0 Å². The summed E-state index contributed by atoms with van der Waals surface area (Å²) in [5, 5.41) is 0.0133. The van der Waals surface area contributed by atoms with Gasteiger partial charge in [-0.05, 0) is 45.0 Å². The van der Waals surface area contributed by atoms with Gasteiger partial charge in [0, 0.05) is 13.5 Å². The molecule has 0 aliphatic carbocycles. The van der Waals surface area contributed by atoms with Crippen molar-refractivity contribution in [3.63, 3.8) is 0 Å². The lowest BCUT2D eigenvalue weighted by Crippen LogP contribution is -2.49. The maximum absolute atomic E-state index is 12.6. The lowest BCUT2D eigenvalue weighted by molar-refractivity contribution is -0.200. The Hall–Kier alpha value is -0.973. The third-order valence-electron chi connectivity index (χ3n) is 5.90. The zero-order chi connectivity index (χ0) is 23.4. The number of esters is 1. The van der Waals surface area contributed by atoms with E-state index >= 15 is 0 Å². The molecule has 0 amide bonds. The maximum Gasteiger partial charge on any atom is 0.335 e. The Morgan fingerprint density at radius 1 is 1.32 bits per heavy atom. The van der Waals surface area contributed by atoms with E-state index in [4.69, 9.17) is 32.8 Å². The topological polar surface area (TPSA) is 81.7 Å². The van der Waals surface area contributed by atoms with Crippen LogP contribution in [0.1, 0.15) is 48.0 Å². The molecule has 0 aromatic carbocycles. The van der Waals surface area contributed by atoms with Gasteiger partial charge in [-0.1, -0.05) is 20.8 Å². The first-order valence-corrected chi connectivity index (χ1v) is 13.8. The summed E-state index contributed by atoms with van der Waals surface area (Å²) in [6.45, 7) is 17.0. The predicted molar refractivity (Wildman–Crippen MR) is 118 cm³/mol. The average Bonchev–Trinajstić information content (AvgIpc) is 3.00. The smallest absolute Gasteiger partial charge is 0.335 e. The second-order valence-corrected chi connectivity index (χ2v) is 14.7. The van der Waals surface area contributed by atoms with E-state index in [1.807, 2.05) is 19.9 Å². The van der Waals surface area contributed by atoms with Crippen molar-refractivity contribution in [1.82, 2.24) is 0 Å². The lowest BCUT2D eigenvalue weighted by atomic mass is 10.0. The van der Waals surface area contributed by atoms with E-state index in [2.05, 4.69) is 33.9 Å². The van der Waals surface area contributed by atoms with Crippen LogP contribution in [-0.4, -0.2) is 71.6 Å². The van der Waals surface area contributed by atoms with Gasteiger partial charge in [-0.2, -0.15) is 0 Å². The van der Waals surface area contributed by atoms with Crippen LogP contribution in [0.4, 0.5) is 0 Å². The molecule has 9 heteroatoms. The minimum atomic E-state index is -2.12. The summed E-state index contributed by atoms with van der Waals surface area (Å²) in [6, 6.07) is 0. The lowest BCUT2D eigenvalue weighted by Gasteiger charge is -2.40. The molecule has 0 bridgehead atoms. The fraction of sp³-hybridized carbons (Fsp3) is 0.864. The monoisotopic (exact) mass is 460 g/mol. The molecule has 2 heterocycles. The molecule has 2 aliphatic heterocycles. The summed E-state index contributed by atoms with van der Waals surface area (Å²) in [4.78, 5) is 12.6. The van der Waals surface area contributed by atoms with Gasteiger partial charge in [0.25, 0.3) is 0 Å². The maximum atomic E-state index is 12.6. The quantitative estimate of drug-likeness (QED) is 0.292. The second-order valence-electron chi connectivity index (χ2n) is 9.95. The van der Waals surface area contributed by atoms with Crippen LogP contribution in [0.15, 0.2) is 11.8 Å². The molecule has 0 saturated carbocycles. The number of rotatable bonds is 9. The first-order valence-electron chi connectivity index (χ1n) is 10.9. The molecule has 0 N–H and O–H groups in total. The highest BCUT2D eigenvalue weighted by Gasteiger charge is 2.46. The molecule has 1 saturated heterocycles. The Labute approximate surface area is 187 Å². The minimum Gasteiger partial charge on any atom is -0.547 e. The van der Waals surface area contributed by atoms with Gasteiger partial charge in [-0.15, -0.1) is 0 Å². The number of carbonyl (C=O) groups excluding carboxylic acids is 1. The molecule has 2 rings (SSSR count). The largest absolute Gasteiger partial charge is 0.547 e. The highest BCUT2D eigenvalue weighted by atomic mass is 28.4. The van der Waals surface area contributed by atoms with Crippen molar-refractivity contribution < 1.29 is 37.6 Å². The average molecular weight is 461 g/mol. The van der Waals surface area contributed by atoms with Crippen molar-refractivity contribution in [2.45, 2.75) is 96.3 Å². The molecule has 0 radical (unpaired) electrons. The van der Waals surface area contributed by atoms with Crippen LogP contribution in [0.3, 0.4) is 0 Å². The summed E-state index contributed by atoms with van der Waals surface area (Å²) in [7, 11) is -0.563. The van der Waals surface area contributed by atoms with Crippen LogP contribution >= 0.6 is 0 Å². The first kappa shape index (κ1) is 26.3. The van der Waals surface area contributed by atoms with Crippen molar-refractivity contribution in [3.05, 3.63) is 11.8 Å². The molecule has 31 heavy (non-hydrogen) atoms. The molecule has 0 unspecified atom stereocenters. The van der Waals surface area contributed by atoms with Crippen molar-refractivity contribution in [1.29, 1.82) is 0 Å². The number of methoxy groups -OCH3 is 1. The molecule has 180 valence electrons. The number of hydrogen-bond acceptors (Lipinski definition) is 8. The summed E-state index contributed by atoms with van der Waals surface area (Å²) in [5.74, 6) is -0.407. The van der Waals surface area contributed by atoms with Crippen molar-refractivity contribution >= 4 is 14.3 Å². The number of carbonyl (C=O) groups is 1. The van der Waals surface area contributed by atoms with Crippen molar-refractivity contribution in [3.8, 4) is 0 Å². The Balaban J connectivity index is 2.33.